The number of nitrogens with two attached hydrogens (primary N) is 1. The number of rotatable bonds is 9. The summed E-state index contributed by atoms with van der Waals surface area (Å²) in [5, 5.41) is 12.6. The highest BCUT2D eigenvalue weighted by molar-refractivity contribution is 6.11. The minimum absolute atomic E-state index is 0.194. The molecule has 3 rings (SSSR count). The van der Waals surface area contributed by atoms with E-state index in [9.17, 15) is 14.9 Å². The van der Waals surface area contributed by atoms with Crippen LogP contribution in [0, 0.1) is 17.2 Å². The Morgan fingerprint density at radius 2 is 2.19 bits per heavy atom. The van der Waals surface area contributed by atoms with Crippen LogP contribution in [0.5, 0.6) is 0 Å². The summed E-state index contributed by atoms with van der Waals surface area (Å²) in [5.74, 6) is -0.420. The van der Waals surface area contributed by atoms with Gasteiger partial charge in [0.1, 0.15) is 17.3 Å². The SMILES string of the molecule is COCCNc1cc(-c2c(C(N)=O)c3nc(C=O)ccc3n2CC(C)C)ncc1C#N. The van der Waals surface area contributed by atoms with E-state index in [1.165, 1.54) is 6.20 Å². The van der Waals surface area contributed by atoms with Crippen LogP contribution in [0.15, 0.2) is 24.4 Å². The molecule has 0 aliphatic heterocycles. The Balaban J connectivity index is 2.31. The molecule has 0 spiro atoms. The van der Waals surface area contributed by atoms with Gasteiger partial charge < -0.3 is 20.4 Å². The Hall–Kier alpha value is -3.77. The second-order valence-corrected chi connectivity index (χ2v) is 7.46. The number of hydrogen-bond acceptors (Lipinski definition) is 7. The quantitative estimate of drug-likeness (QED) is 0.401. The lowest BCUT2D eigenvalue weighted by molar-refractivity contribution is 0.100. The van der Waals surface area contributed by atoms with E-state index in [4.69, 9.17) is 10.5 Å². The summed E-state index contributed by atoms with van der Waals surface area (Å²) < 4.78 is 7.00. The van der Waals surface area contributed by atoms with Gasteiger partial charge in [-0.25, -0.2) is 4.98 Å². The molecule has 9 nitrogen and oxygen atoms in total. The number of fused-ring (bicyclic) bond motifs is 1. The highest BCUT2D eigenvalue weighted by Gasteiger charge is 2.25. The summed E-state index contributed by atoms with van der Waals surface area (Å²) in [6.45, 7) is 5.64. The third-order valence-corrected chi connectivity index (χ3v) is 4.73. The first-order valence-electron chi connectivity index (χ1n) is 9.82. The maximum Gasteiger partial charge on any atom is 0.253 e. The predicted octanol–water partition coefficient (Wildman–Crippen LogP) is 2.60. The zero-order valence-electron chi connectivity index (χ0n) is 17.7. The molecule has 31 heavy (non-hydrogen) atoms. The molecule has 0 aliphatic carbocycles. The standard InChI is InChI=1S/C22H24N6O3/c1-13(2)11-28-18-5-4-15(12-29)27-20(18)19(22(24)30)21(28)17-8-16(25-6-7-31-3)14(9-23)10-26-17/h4-5,8,10,12-13H,6-7,11H2,1-3H3,(H2,24,30)(H,25,26). The smallest absolute Gasteiger partial charge is 0.253 e. The van der Waals surface area contributed by atoms with Crippen molar-refractivity contribution in [3.05, 3.63) is 41.2 Å². The van der Waals surface area contributed by atoms with Crippen molar-refractivity contribution in [3.63, 3.8) is 0 Å². The number of anilines is 1. The van der Waals surface area contributed by atoms with Gasteiger partial charge in [0.25, 0.3) is 5.91 Å². The first kappa shape index (κ1) is 21.9. The molecule has 3 aromatic rings. The van der Waals surface area contributed by atoms with E-state index >= 15 is 0 Å². The third-order valence-electron chi connectivity index (χ3n) is 4.73. The number of amides is 1. The molecule has 0 aliphatic rings. The van der Waals surface area contributed by atoms with Crippen LogP contribution in [0.1, 0.15) is 40.3 Å². The molecule has 9 heteroatoms. The van der Waals surface area contributed by atoms with Gasteiger partial charge in [0.05, 0.1) is 40.3 Å². The van der Waals surface area contributed by atoms with Gasteiger partial charge in [-0.1, -0.05) is 13.8 Å². The van der Waals surface area contributed by atoms with E-state index in [0.29, 0.717) is 59.7 Å². The van der Waals surface area contributed by atoms with Crippen LogP contribution in [0.25, 0.3) is 22.4 Å². The summed E-state index contributed by atoms with van der Waals surface area (Å²) in [5.41, 5.74) is 9.11. The van der Waals surface area contributed by atoms with Crippen molar-refractivity contribution in [1.29, 1.82) is 5.26 Å². The number of primary amides is 1. The van der Waals surface area contributed by atoms with Crippen LogP contribution >= 0.6 is 0 Å². The Labute approximate surface area is 179 Å². The number of carbonyl (C=O) groups is 2. The van der Waals surface area contributed by atoms with Crippen molar-refractivity contribution in [3.8, 4) is 17.5 Å². The van der Waals surface area contributed by atoms with E-state index < -0.39 is 5.91 Å². The number of aldehydes is 1. The molecular weight excluding hydrogens is 396 g/mol. The number of carbonyl (C=O) groups excluding carboxylic acids is 2. The van der Waals surface area contributed by atoms with E-state index in [1.54, 1.807) is 25.3 Å². The summed E-state index contributed by atoms with van der Waals surface area (Å²) in [7, 11) is 1.59. The average molecular weight is 420 g/mol. The van der Waals surface area contributed by atoms with Gasteiger partial charge in [-0.3, -0.25) is 14.6 Å². The average Bonchev–Trinajstić information content (AvgIpc) is 3.06. The Morgan fingerprint density at radius 1 is 1.42 bits per heavy atom. The highest BCUT2D eigenvalue weighted by Crippen LogP contribution is 2.34. The number of hydrogen-bond donors (Lipinski definition) is 2. The third kappa shape index (κ3) is 4.39. The van der Waals surface area contributed by atoms with Gasteiger partial charge in [0, 0.05) is 26.4 Å². The first-order chi connectivity index (χ1) is 14.9. The first-order valence-corrected chi connectivity index (χ1v) is 9.82. The molecule has 0 unspecified atom stereocenters. The highest BCUT2D eigenvalue weighted by atomic mass is 16.5. The largest absolute Gasteiger partial charge is 0.383 e. The maximum atomic E-state index is 12.5. The van der Waals surface area contributed by atoms with Crippen molar-refractivity contribution in [2.75, 3.05) is 25.6 Å². The van der Waals surface area contributed by atoms with Crippen LogP contribution in [0.4, 0.5) is 5.69 Å². The number of nitrogens with zero attached hydrogens (tertiary/aromatic N) is 4. The molecular formula is C22H24N6O3. The molecule has 0 saturated carbocycles. The number of nitrogens with one attached hydrogen (secondary N) is 1. The number of methoxy groups -OCH3 is 1. The van der Waals surface area contributed by atoms with Gasteiger partial charge in [-0.2, -0.15) is 5.26 Å². The summed E-state index contributed by atoms with van der Waals surface area (Å²) in [6, 6.07) is 7.18. The molecule has 0 atom stereocenters. The molecule has 3 heterocycles. The van der Waals surface area contributed by atoms with E-state index in [1.807, 2.05) is 4.57 Å². The molecule has 0 aromatic carbocycles. The molecule has 3 N–H and O–H groups in total. The Kier molecular flexibility index (Phi) is 6.62. The molecule has 0 radical (unpaired) electrons. The van der Waals surface area contributed by atoms with E-state index in [-0.39, 0.29) is 17.2 Å². The zero-order chi connectivity index (χ0) is 22.5. The van der Waals surface area contributed by atoms with Gasteiger partial charge in [0.2, 0.25) is 0 Å². The zero-order valence-corrected chi connectivity index (χ0v) is 17.7. The summed E-state index contributed by atoms with van der Waals surface area (Å²) >= 11 is 0. The maximum absolute atomic E-state index is 12.5. The fourth-order valence-electron chi connectivity index (χ4n) is 3.46. The molecule has 3 aromatic heterocycles. The number of pyridine rings is 2. The van der Waals surface area contributed by atoms with Gasteiger partial charge in [0.15, 0.2) is 6.29 Å². The van der Waals surface area contributed by atoms with Crippen LogP contribution < -0.4 is 11.1 Å². The van der Waals surface area contributed by atoms with Gasteiger partial charge >= 0.3 is 0 Å². The van der Waals surface area contributed by atoms with Crippen LogP contribution in [0.3, 0.4) is 0 Å². The fourth-order valence-corrected chi connectivity index (χ4v) is 3.46. The molecule has 1 amide bonds. The van der Waals surface area contributed by atoms with E-state index in [0.717, 1.165) is 0 Å². The second-order valence-electron chi connectivity index (χ2n) is 7.46. The minimum atomic E-state index is -0.668. The van der Waals surface area contributed by atoms with Crippen molar-refractivity contribution in [2.24, 2.45) is 11.7 Å². The van der Waals surface area contributed by atoms with Crippen LogP contribution in [-0.2, 0) is 11.3 Å². The summed E-state index contributed by atoms with van der Waals surface area (Å²) in [6.07, 6.45) is 2.08. The summed E-state index contributed by atoms with van der Waals surface area (Å²) in [4.78, 5) is 32.5. The van der Waals surface area contributed by atoms with E-state index in [2.05, 4.69) is 35.2 Å². The lowest BCUT2D eigenvalue weighted by atomic mass is 10.1. The normalized spacial score (nSPS) is 10.9. The van der Waals surface area contributed by atoms with Crippen molar-refractivity contribution in [2.45, 2.75) is 20.4 Å². The van der Waals surface area contributed by atoms with Gasteiger partial charge in [-0.15, -0.1) is 0 Å². The lowest BCUT2D eigenvalue weighted by Crippen LogP contribution is -2.15. The monoisotopic (exact) mass is 420 g/mol. The molecule has 0 saturated heterocycles. The Morgan fingerprint density at radius 3 is 2.81 bits per heavy atom. The predicted molar refractivity (Wildman–Crippen MR) is 117 cm³/mol. The number of ether oxygens (including phenoxy) is 1. The topological polar surface area (TPSA) is 136 Å². The molecule has 0 fully saturated rings. The van der Waals surface area contributed by atoms with Crippen molar-refractivity contribution in [1.82, 2.24) is 14.5 Å². The van der Waals surface area contributed by atoms with Crippen molar-refractivity contribution >= 4 is 28.9 Å². The number of aromatic nitrogens is 3. The second kappa shape index (κ2) is 9.36. The van der Waals surface area contributed by atoms with Gasteiger partial charge in [-0.05, 0) is 24.1 Å². The van der Waals surface area contributed by atoms with Crippen molar-refractivity contribution < 1.29 is 14.3 Å². The molecule has 160 valence electrons. The lowest BCUT2D eigenvalue weighted by Gasteiger charge is -2.15. The minimum Gasteiger partial charge on any atom is -0.383 e. The Bertz CT molecular complexity index is 1180. The number of nitriles is 1. The van der Waals surface area contributed by atoms with Crippen LogP contribution in [0.2, 0.25) is 0 Å². The van der Waals surface area contributed by atoms with Crippen LogP contribution in [-0.4, -0.2) is 47.0 Å². The fraction of sp³-hybridized carbons (Fsp3) is 0.318. The molecule has 0 bridgehead atoms.